The van der Waals surface area contributed by atoms with Crippen LogP contribution < -0.4 is 16.0 Å². The summed E-state index contributed by atoms with van der Waals surface area (Å²) in [4.78, 5) is 37.1. The van der Waals surface area contributed by atoms with Gasteiger partial charge in [-0.1, -0.05) is 15.9 Å². The van der Waals surface area contributed by atoms with Crippen molar-refractivity contribution in [1.82, 2.24) is 20.9 Å². The quantitative estimate of drug-likeness (QED) is 0.582. The minimum Gasteiger partial charge on any atom is -0.508 e. The smallest absolute Gasteiger partial charge is 0.325 e. The molecule has 0 saturated carbocycles. The number of benzene rings is 1. The fraction of sp³-hybridized carbons (Fsp3) is 0.308. The molecule has 22 heavy (non-hydrogen) atoms. The van der Waals surface area contributed by atoms with Crippen LogP contribution in [0.4, 0.5) is 9.59 Å². The molecule has 2 saturated heterocycles. The van der Waals surface area contributed by atoms with E-state index >= 15 is 0 Å². The number of phenolic OH excluding ortho intramolecular Hbond substituents is 1. The Morgan fingerprint density at radius 3 is 2.68 bits per heavy atom. The second-order valence-corrected chi connectivity index (χ2v) is 6.09. The standard InChI is InChI=1S/C13H13BrN4O4/c1-18-10-8(11(20)17-13(18)22)9(15-12(21)16-10)6-4-5(14)2-3-7(6)19/h2-4,8-10,19H,1H3,(H2,15,16,21)(H,17,20,22). The molecule has 2 fully saturated rings. The molecule has 2 aliphatic heterocycles. The SMILES string of the molecule is CN1C(=O)NC(=O)C2C(c3cc(Br)ccc3O)NC(=O)NC21. The maximum Gasteiger partial charge on any atom is 0.325 e. The number of amides is 5. The molecular formula is C13H13BrN4O4. The van der Waals surface area contributed by atoms with Crippen LogP contribution in [0, 0.1) is 5.92 Å². The lowest BCUT2D eigenvalue weighted by atomic mass is 9.86. The highest BCUT2D eigenvalue weighted by Crippen LogP contribution is 2.36. The monoisotopic (exact) mass is 368 g/mol. The molecule has 3 rings (SSSR count). The molecule has 0 bridgehead atoms. The van der Waals surface area contributed by atoms with E-state index in [9.17, 15) is 19.5 Å². The number of phenols is 1. The highest BCUT2D eigenvalue weighted by molar-refractivity contribution is 9.10. The third-order valence-electron chi connectivity index (χ3n) is 3.86. The Labute approximate surface area is 134 Å². The molecule has 1 aromatic carbocycles. The van der Waals surface area contributed by atoms with Gasteiger partial charge in [0.25, 0.3) is 0 Å². The molecule has 0 radical (unpaired) electrons. The number of carbonyl (C=O) groups is 3. The highest BCUT2D eigenvalue weighted by atomic mass is 79.9. The predicted octanol–water partition coefficient (Wildman–Crippen LogP) is 0.632. The van der Waals surface area contributed by atoms with Crippen LogP contribution in [0.5, 0.6) is 5.75 Å². The zero-order valence-electron chi connectivity index (χ0n) is 11.5. The molecular weight excluding hydrogens is 356 g/mol. The average molecular weight is 369 g/mol. The van der Waals surface area contributed by atoms with Crippen LogP contribution in [0.25, 0.3) is 0 Å². The molecule has 8 nitrogen and oxygen atoms in total. The van der Waals surface area contributed by atoms with E-state index in [1.165, 1.54) is 18.0 Å². The summed E-state index contributed by atoms with van der Waals surface area (Å²) in [7, 11) is 1.49. The molecule has 4 N–H and O–H groups in total. The summed E-state index contributed by atoms with van der Waals surface area (Å²) in [5.41, 5.74) is 0.400. The first kappa shape index (κ1) is 14.6. The molecule has 0 aliphatic carbocycles. The summed E-state index contributed by atoms with van der Waals surface area (Å²) in [5.74, 6) is -1.31. The van der Waals surface area contributed by atoms with E-state index in [2.05, 4.69) is 31.9 Å². The van der Waals surface area contributed by atoms with Gasteiger partial charge in [0.1, 0.15) is 17.8 Å². The van der Waals surface area contributed by atoms with E-state index in [1.807, 2.05) is 0 Å². The molecule has 2 heterocycles. The van der Waals surface area contributed by atoms with Crippen LogP contribution in [-0.4, -0.2) is 41.2 Å². The minimum absolute atomic E-state index is 0.0403. The summed E-state index contributed by atoms with van der Waals surface area (Å²) < 4.78 is 0.699. The largest absolute Gasteiger partial charge is 0.508 e. The number of hydrogen-bond acceptors (Lipinski definition) is 4. The second kappa shape index (κ2) is 5.16. The highest BCUT2D eigenvalue weighted by Gasteiger charge is 2.49. The fourth-order valence-corrected chi connectivity index (χ4v) is 3.14. The Hall–Kier alpha value is -2.29. The molecule has 0 aromatic heterocycles. The normalized spacial score (nSPS) is 27.6. The number of carbonyl (C=O) groups excluding carboxylic acids is 3. The third-order valence-corrected chi connectivity index (χ3v) is 4.35. The number of hydrogen-bond donors (Lipinski definition) is 4. The van der Waals surface area contributed by atoms with Crippen molar-refractivity contribution in [1.29, 1.82) is 0 Å². The number of rotatable bonds is 1. The van der Waals surface area contributed by atoms with E-state index in [0.29, 0.717) is 10.0 Å². The van der Waals surface area contributed by atoms with Gasteiger partial charge in [-0.3, -0.25) is 10.1 Å². The fourth-order valence-electron chi connectivity index (χ4n) is 2.76. The number of aromatic hydroxyl groups is 1. The van der Waals surface area contributed by atoms with Crippen LogP contribution in [0.15, 0.2) is 22.7 Å². The van der Waals surface area contributed by atoms with Crippen molar-refractivity contribution in [3.63, 3.8) is 0 Å². The summed E-state index contributed by atoms with van der Waals surface area (Å²) >= 11 is 3.30. The summed E-state index contributed by atoms with van der Waals surface area (Å²) in [6, 6.07) is 2.90. The van der Waals surface area contributed by atoms with Crippen LogP contribution in [-0.2, 0) is 4.79 Å². The Morgan fingerprint density at radius 2 is 1.95 bits per heavy atom. The molecule has 5 amide bonds. The minimum atomic E-state index is -0.779. The Bertz CT molecular complexity index is 680. The average Bonchev–Trinajstić information content (AvgIpc) is 2.46. The van der Waals surface area contributed by atoms with E-state index in [1.54, 1.807) is 12.1 Å². The Kier molecular flexibility index (Phi) is 3.44. The van der Waals surface area contributed by atoms with Crippen LogP contribution in [0.1, 0.15) is 11.6 Å². The molecule has 9 heteroatoms. The van der Waals surface area contributed by atoms with Crippen LogP contribution in [0.3, 0.4) is 0 Å². The van der Waals surface area contributed by atoms with E-state index in [-0.39, 0.29) is 5.75 Å². The Morgan fingerprint density at radius 1 is 1.23 bits per heavy atom. The first-order valence-electron chi connectivity index (χ1n) is 6.51. The van der Waals surface area contributed by atoms with Gasteiger partial charge in [0.05, 0.1) is 6.04 Å². The summed E-state index contributed by atoms with van der Waals surface area (Å²) in [6.07, 6.45) is -0.779. The molecule has 0 spiro atoms. The van der Waals surface area contributed by atoms with Gasteiger partial charge in [-0.2, -0.15) is 0 Å². The summed E-state index contributed by atoms with van der Waals surface area (Å²) in [5, 5.41) is 17.5. The van der Waals surface area contributed by atoms with Gasteiger partial charge < -0.3 is 20.6 Å². The number of halogens is 1. The van der Waals surface area contributed by atoms with Crippen molar-refractivity contribution in [3.8, 4) is 5.75 Å². The van der Waals surface area contributed by atoms with Crippen molar-refractivity contribution < 1.29 is 19.5 Å². The second-order valence-electron chi connectivity index (χ2n) is 5.17. The number of fused-ring (bicyclic) bond motifs is 1. The van der Waals surface area contributed by atoms with Gasteiger partial charge in [-0.25, -0.2) is 9.59 Å². The van der Waals surface area contributed by atoms with Gasteiger partial charge in [0.2, 0.25) is 5.91 Å². The molecule has 3 unspecified atom stereocenters. The van der Waals surface area contributed by atoms with E-state index in [4.69, 9.17) is 0 Å². The molecule has 116 valence electrons. The van der Waals surface area contributed by atoms with Crippen molar-refractivity contribution in [2.45, 2.75) is 12.2 Å². The molecule has 1 aromatic rings. The number of urea groups is 2. The number of nitrogens with one attached hydrogen (secondary N) is 3. The van der Waals surface area contributed by atoms with E-state index in [0.717, 1.165) is 0 Å². The van der Waals surface area contributed by atoms with Gasteiger partial charge in [0, 0.05) is 17.1 Å². The third kappa shape index (κ3) is 2.27. The predicted molar refractivity (Wildman–Crippen MR) is 78.8 cm³/mol. The lowest BCUT2D eigenvalue weighted by Gasteiger charge is -2.45. The lowest BCUT2D eigenvalue weighted by Crippen LogP contribution is -2.71. The number of nitrogens with zero attached hydrogens (tertiary/aromatic N) is 1. The first-order valence-corrected chi connectivity index (χ1v) is 7.31. The van der Waals surface area contributed by atoms with E-state index < -0.39 is 36.1 Å². The molecule has 3 atom stereocenters. The summed E-state index contributed by atoms with van der Waals surface area (Å²) in [6.45, 7) is 0. The van der Waals surface area contributed by atoms with Gasteiger partial charge >= 0.3 is 12.1 Å². The van der Waals surface area contributed by atoms with Crippen molar-refractivity contribution in [2.24, 2.45) is 5.92 Å². The first-order chi connectivity index (χ1) is 10.4. The van der Waals surface area contributed by atoms with Crippen molar-refractivity contribution >= 4 is 33.9 Å². The van der Waals surface area contributed by atoms with Gasteiger partial charge in [0.15, 0.2) is 0 Å². The van der Waals surface area contributed by atoms with Crippen LogP contribution in [0.2, 0.25) is 0 Å². The van der Waals surface area contributed by atoms with Crippen molar-refractivity contribution in [3.05, 3.63) is 28.2 Å². The van der Waals surface area contributed by atoms with Gasteiger partial charge in [-0.15, -0.1) is 0 Å². The van der Waals surface area contributed by atoms with Crippen molar-refractivity contribution in [2.75, 3.05) is 7.05 Å². The zero-order valence-corrected chi connectivity index (χ0v) is 13.0. The lowest BCUT2D eigenvalue weighted by molar-refractivity contribution is -0.130. The van der Waals surface area contributed by atoms with Gasteiger partial charge in [-0.05, 0) is 18.2 Å². The topological polar surface area (TPSA) is 111 Å². The Balaban J connectivity index is 2.06. The maximum atomic E-state index is 12.2. The number of imide groups is 1. The molecule has 2 aliphatic rings. The zero-order chi connectivity index (χ0) is 16.0. The maximum absolute atomic E-state index is 12.2. The van der Waals surface area contributed by atoms with Crippen LogP contribution >= 0.6 is 15.9 Å².